The Hall–Kier alpha value is -0.0400. The Labute approximate surface area is 107 Å². The van der Waals surface area contributed by atoms with Crippen molar-refractivity contribution in [3.05, 3.63) is 0 Å². The maximum Gasteiger partial charge on any atom is 0.0124 e. The van der Waals surface area contributed by atoms with Crippen LogP contribution in [0.3, 0.4) is 0 Å². The molecule has 0 bridgehead atoms. The highest BCUT2D eigenvalue weighted by molar-refractivity contribution is 5.01. The first kappa shape index (κ1) is 12.0. The van der Waals surface area contributed by atoms with E-state index in [-0.39, 0.29) is 0 Å². The summed E-state index contributed by atoms with van der Waals surface area (Å²) in [5.74, 6) is 1.00. The molecular formula is C16H29N. The highest BCUT2D eigenvalue weighted by atomic mass is 15.0. The second-order valence-electron chi connectivity index (χ2n) is 6.93. The summed E-state index contributed by atoms with van der Waals surface area (Å²) in [6.07, 6.45) is 18.0. The largest absolute Gasteiger partial charge is 0.313 e. The fraction of sp³-hybridized carbons (Fsp3) is 1.00. The van der Waals surface area contributed by atoms with E-state index in [2.05, 4.69) is 5.32 Å². The van der Waals surface area contributed by atoms with Crippen molar-refractivity contribution >= 4 is 0 Å². The molecule has 0 aliphatic heterocycles. The molecule has 1 atom stereocenters. The molecule has 3 aliphatic carbocycles. The van der Waals surface area contributed by atoms with Gasteiger partial charge in [-0.1, -0.05) is 38.5 Å². The van der Waals surface area contributed by atoms with Gasteiger partial charge in [-0.15, -0.1) is 0 Å². The van der Waals surface area contributed by atoms with Crippen molar-refractivity contribution in [2.24, 2.45) is 11.3 Å². The van der Waals surface area contributed by atoms with Crippen LogP contribution >= 0.6 is 0 Å². The molecule has 1 spiro atoms. The number of hydrogen-bond donors (Lipinski definition) is 1. The maximum atomic E-state index is 3.95. The first-order chi connectivity index (χ1) is 8.39. The minimum absolute atomic E-state index is 0.757. The molecule has 0 amide bonds. The summed E-state index contributed by atoms with van der Waals surface area (Å²) in [7, 11) is 0. The van der Waals surface area contributed by atoms with Gasteiger partial charge in [0.1, 0.15) is 0 Å². The van der Waals surface area contributed by atoms with E-state index in [1.54, 1.807) is 0 Å². The Morgan fingerprint density at radius 1 is 0.765 bits per heavy atom. The molecule has 3 fully saturated rings. The molecule has 0 aromatic heterocycles. The monoisotopic (exact) mass is 235 g/mol. The Morgan fingerprint density at radius 2 is 1.47 bits per heavy atom. The van der Waals surface area contributed by atoms with Crippen LogP contribution in [0.25, 0.3) is 0 Å². The zero-order valence-corrected chi connectivity index (χ0v) is 11.3. The molecule has 1 heteroatoms. The summed E-state index contributed by atoms with van der Waals surface area (Å²) in [6.45, 7) is 1.33. The Kier molecular flexibility index (Phi) is 3.75. The predicted molar refractivity (Wildman–Crippen MR) is 73.1 cm³/mol. The van der Waals surface area contributed by atoms with Gasteiger partial charge in [-0.3, -0.25) is 0 Å². The fourth-order valence-corrected chi connectivity index (χ4v) is 4.57. The lowest BCUT2D eigenvalue weighted by atomic mass is 9.57. The van der Waals surface area contributed by atoms with Gasteiger partial charge in [-0.05, 0) is 56.4 Å². The molecule has 3 rings (SSSR count). The van der Waals surface area contributed by atoms with Crippen LogP contribution in [-0.2, 0) is 0 Å². The van der Waals surface area contributed by atoms with Gasteiger partial charge in [0.05, 0.1) is 0 Å². The van der Waals surface area contributed by atoms with Crippen LogP contribution in [0, 0.1) is 11.3 Å². The van der Waals surface area contributed by atoms with Crippen molar-refractivity contribution in [1.29, 1.82) is 0 Å². The lowest BCUT2D eigenvalue weighted by Gasteiger charge is -2.53. The number of nitrogens with one attached hydrogen (secondary N) is 1. The van der Waals surface area contributed by atoms with Crippen LogP contribution in [0.5, 0.6) is 0 Å². The third-order valence-electron chi connectivity index (χ3n) is 5.90. The average molecular weight is 235 g/mol. The Bertz CT molecular complexity index is 236. The first-order valence-electron chi connectivity index (χ1n) is 8.12. The van der Waals surface area contributed by atoms with Crippen LogP contribution < -0.4 is 5.32 Å². The highest BCUT2D eigenvalue weighted by Gasteiger charge is 2.46. The van der Waals surface area contributed by atoms with Crippen LogP contribution in [0.1, 0.15) is 77.0 Å². The summed E-state index contributed by atoms with van der Waals surface area (Å²) in [5.41, 5.74) is 0.757. The molecule has 1 unspecified atom stereocenters. The van der Waals surface area contributed by atoms with Crippen molar-refractivity contribution in [2.45, 2.75) is 83.1 Å². The summed E-state index contributed by atoms with van der Waals surface area (Å²) in [5, 5.41) is 3.95. The number of hydrogen-bond acceptors (Lipinski definition) is 1. The zero-order chi connectivity index (χ0) is 11.6. The highest BCUT2D eigenvalue weighted by Crippen LogP contribution is 2.51. The Balaban J connectivity index is 1.45. The molecule has 1 nitrogen and oxygen atoms in total. The molecule has 1 N–H and O–H groups in total. The quantitative estimate of drug-likeness (QED) is 0.770. The van der Waals surface area contributed by atoms with Gasteiger partial charge in [0.25, 0.3) is 0 Å². The van der Waals surface area contributed by atoms with Crippen LogP contribution in [0.15, 0.2) is 0 Å². The summed E-state index contributed by atoms with van der Waals surface area (Å²) in [4.78, 5) is 0. The van der Waals surface area contributed by atoms with Crippen LogP contribution in [0.2, 0.25) is 0 Å². The van der Waals surface area contributed by atoms with E-state index >= 15 is 0 Å². The minimum Gasteiger partial charge on any atom is -0.313 e. The van der Waals surface area contributed by atoms with Crippen molar-refractivity contribution in [3.8, 4) is 0 Å². The fourth-order valence-electron chi connectivity index (χ4n) is 4.57. The minimum atomic E-state index is 0.757. The van der Waals surface area contributed by atoms with E-state index in [4.69, 9.17) is 0 Å². The third kappa shape index (κ3) is 2.54. The van der Waals surface area contributed by atoms with Crippen molar-refractivity contribution in [2.75, 3.05) is 6.54 Å². The summed E-state index contributed by atoms with van der Waals surface area (Å²) < 4.78 is 0. The standard InChI is InChI=1S/C16H29N/c1-3-7-14(8-4-1)13-17-15-9-12-16(15)10-5-2-6-11-16/h14-15,17H,1-13H2. The van der Waals surface area contributed by atoms with Crippen LogP contribution in [-0.4, -0.2) is 12.6 Å². The molecule has 0 aromatic carbocycles. The van der Waals surface area contributed by atoms with Crippen molar-refractivity contribution in [3.63, 3.8) is 0 Å². The molecule has 0 heterocycles. The molecule has 98 valence electrons. The van der Waals surface area contributed by atoms with E-state index in [1.165, 1.54) is 83.6 Å². The van der Waals surface area contributed by atoms with E-state index in [1.807, 2.05) is 0 Å². The van der Waals surface area contributed by atoms with Gasteiger partial charge >= 0.3 is 0 Å². The second-order valence-corrected chi connectivity index (χ2v) is 6.93. The Morgan fingerprint density at radius 3 is 2.12 bits per heavy atom. The van der Waals surface area contributed by atoms with E-state index in [9.17, 15) is 0 Å². The van der Waals surface area contributed by atoms with E-state index < -0.39 is 0 Å². The summed E-state index contributed by atoms with van der Waals surface area (Å²) in [6, 6.07) is 0.893. The summed E-state index contributed by atoms with van der Waals surface area (Å²) >= 11 is 0. The lowest BCUT2D eigenvalue weighted by molar-refractivity contribution is 0.0202. The molecular weight excluding hydrogens is 206 g/mol. The van der Waals surface area contributed by atoms with Gasteiger partial charge in [0, 0.05) is 6.04 Å². The second kappa shape index (κ2) is 5.30. The first-order valence-corrected chi connectivity index (χ1v) is 8.12. The van der Waals surface area contributed by atoms with Crippen molar-refractivity contribution in [1.82, 2.24) is 5.32 Å². The predicted octanol–water partition coefficient (Wildman–Crippen LogP) is 4.27. The number of rotatable bonds is 3. The van der Waals surface area contributed by atoms with Crippen molar-refractivity contribution < 1.29 is 0 Å². The molecule has 0 saturated heterocycles. The van der Waals surface area contributed by atoms with E-state index in [0.717, 1.165) is 17.4 Å². The molecule has 0 aromatic rings. The molecule has 0 radical (unpaired) electrons. The zero-order valence-electron chi connectivity index (χ0n) is 11.3. The van der Waals surface area contributed by atoms with E-state index in [0.29, 0.717) is 0 Å². The topological polar surface area (TPSA) is 12.0 Å². The van der Waals surface area contributed by atoms with Gasteiger partial charge in [0.2, 0.25) is 0 Å². The van der Waals surface area contributed by atoms with Crippen LogP contribution in [0.4, 0.5) is 0 Å². The average Bonchev–Trinajstić information content (AvgIpc) is 2.40. The molecule has 17 heavy (non-hydrogen) atoms. The SMILES string of the molecule is C1CCC(CNC2CCC23CCCCC3)CC1. The maximum absolute atomic E-state index is 3.95. The van der Waals surface area contributed by atoms with Gasteiger partial charge in [0.15, 0.2) is 0 Å². The lowest BCUT2D eigenvalue weighted by Crippen LogP contribution is -2.55. The van der Waals surface area contributed by atoms with Gasteiger partial charge in [-0.25, -0.2) is 0 Å². The van der Waals surface area contributed by atoms with Gasteiger partial charge in [-0.2, -0.15) is 0 Å². The third-order valence-corrected chi connectivity index (χ3v) is 5.90. The normalized spacial score (nSPS) is 33.5. The smallest absolute Gasteiger partial charge is 0.0124 e. The van der Waals surface area contributed by atoms with Gasteiger partial charge < -0.3 is 5.32 Å². The molecule has 3 aliphatic rings. The molecule has 3 saturated carbocycles.